The minimum absolute atomic E-state index is 0. The standard InChI is InChI=1S/C12H17.2C7H7.C5H5.Hf/c1-7-8(2)10(4)12(6)11(5)9(7)3;2*1-7-5-3-2-4-6-7;1-2-4-5-3-1;/h1H2,2-6H3;2*2-6H,1H2;1-5H;/q4*-1;+4. The van der Waals surface area contributed by atoms with E-state index in [-0.39, 0.29) is 25.8 Å². The Bertz CT molecular complexity index is 822. The van der Waals surface area contributed by atoms with Crippen molar-refractivity contribution >= 4 is 0 Å². The van der Waals surface area contributed by atoms with Gasteiger partial charge in [0, 0.05) is 0 Å². The summed E-state index contributed by atoms with van der Waals surface area (Å²) in [6.45, 7) is 22.4. The summed E-state index contributed by atoms with van der Waals surface area (Å²) in [4.78, 5) is 0. The average Bonchev–Trinajstić information content (AvgIpc) is 3.37. The number of benzene rings is 3. The molecule has 0 saturated heterocycles. The van der Waals surface area contributed by atoms with E-state index >= 15 is 0 Å². The van der Waals surface area contributed by atoms with Crippen LogP contribution in [0.5, 0.6) is 0 Å². The van der Waals surface area contributed by atoms with E-state index in [1.54, 1.807) is 0 Å². The molecule has 4 aromatic carbocycles. The predicted octanol–water partition coefficient (Wildman–Crippen LogP) is 8.55. The van der Waals surface area contributed by atoms with Crippen molar-refractivity contribution < 1.29 is 25.8 Å². The molecule has 0 aromatic heterocycles. The SMILES string of the molecule is [CH2-]c1c(C)c(C)c(C)c(C)c1C.[CH2-]c1ccccc1.[CH2-]c1ccccc1.[Hf+4].c1cc[cH-]c1. The predicted molar refractivity (Wildman–Crippen MR) is 138 cm³/mol. The molecule has 0 radical (unpaired) electrons. The summed E-state index contributed by atoms with van der Waals surface area (Å²) < 4.78 is 0. The van der Waals surface area contributed by atoms with Gasteiger partial charge in [0.15, 0.2) is 0 Å². The zero-order valence-corrected chi connectivity index (χ0v) is 23.9. The maximum absolute atomic E-state index is 4.08. The van der Waals surface area contributed by atoms with Crippen LogP contribution in [0.4, 0.5) is 0 Å². The van der Waals surface area contributed by atoms with Crippen molar-refractivity contribution in [2.24, 2.45) is 0 Å². The van der Waals surface area contributed by atoms with E-state index in [9.17, 15) is 0 Å². The molecule has 0 unspecified atom stereocenters. The van der Waals surface area contributed by atoms with E-state index in [4.69, 9.17) is 0 Å². The summed E-state index contributed by atoms with van der Waals surface area (Å²) in [7, 11) is 0. The van der Waals surface area contributed by atoms with E-state index in [1.165, 1.54) is 33.4 Å². The van der Waals surface area contributed by atoms with Crippen molar-refractivity contribution in [2.75, 3.05) is 0 Å². The molecule has 32 heavy (non-hydrogen) atoms. The van der Waals surface area contributed by atoms with Crippen LogP contribution < -0.4 is 0 Å². The first-order chi connectivity index (χ1) is 14.8. The summed E-state index contributed by atoms with van der Waals surface area (Å²) in [6, 6.07) is 29.7. The number of hydrogen-bond acceptors (Lipinski definition) is 0. The molecule has 0 amide bonds. The second kappa shape index (κ2) is 16.2. The normalized spacial score (nSPS) is 8.91. The third-order valence-corrected chi connectivity index (χ3v) is 5.40. The molecule has 0 fully saturated rings. The van der Waals surface area contributed by atoms with Gasteiger partial charge >= 0.3 is 25.8 Å². The first-order valence-corrected chi connectivity index (χ1v) is 10.5. The first-order valence-electron chi connectivity index (χ1n) is 10.5. The molecule has 164 valence electrons. The van der Waals surface area contributed by atoms with Crippen molar-refractivity contribution in [1.82, 2.24) is 0 Å². The molecule has 0 atom stereocenters. The molecule has 0 N–H and O–H groups in total. The van der Waals surface area contributed by atoms with Crippen LogP contribution in [0.2, 0.25) is 0 Å². The zero-order valence-electron chi connectivity index (χ0n) is 20.3. The van der Waals surface area contributed by atoms with Crippen LogP contribution in [0.15, 0.2) is 91.0 Å². The minimum atomic E-state index is 0. The molecule has 0 spiro atoms. The van der Waals surface area contributed by atoms with E-state index < -0.39 is 0 Å². The fraction of sp³-hybridized carbons (Fsp3) is 0.161. The van der Waals surface area contributed by atoms with Gasteiger partial charge in [-0.15, -0.1) is 46.5 Å². The molecule has 0 bridgehead atoms. The topological polar surface area (TPSA) is 0 Å². The molecule has 0 heterocycles. The average molecular weight is 587 g/mol. The van der Waals surface area contributed by atoms with E-state index in [1.807, 2.05) is 91.0 Å². The van der Waals surface area contributed by atoms with Gasteiger partial charge in [-0.2, -0.15) is 79.9 Å². The minimum Gasteiger partial charge on any atom is -0.214 e. The molecule has 0 aliphatic rings. The van der Waals surface area contributed by atoms with Crippen molar-refractivity contribution in [3.05, 3.63) is 156 Å². The summed E-state index contributed by atoms with van der Waals surface area (Å²) in [6.07, 6.45) is 0. The van der Waals surface area contributed by atoms with Gasteiger partial charge < -0.3 is 0 Å². The number of rotatable bonds is 0. The fourth-order valence-electron chi connectivity index (χ4n) is 2.85. The van der Waals surface area contributed by atoms with Crippen LogP contribution in [0.1, 0.15) is 44.5 Å². The van der Waals surface area contributed by atoms with Crippen LogP contribution in [0, 0.1) is 55.4 Å². The maximum atomic E-state index is 4.08. The van der Waals surface area contributed by atoms with Crippen molar-refractivity contribution in [2.45, 2.75) is 34.6 Å². The van der Waals surface area contributed by atoms with Crippen LogP contribution in [0.25, 0.3) is 0 Å². The van der Waals surface area contributed by atoms with Gasteiger partial charge in [-0.25, -0.2) is 12.1 Å². The first kappa shape index (κ1) is 29.5. The van der Waals surface area contributed by atoms with Crippen molar-refractivity contribution in [3.63, 3.8) is 0 Å². The quantitative estimate of drug-likeness (QED) is 0.143. The van der Waals surface area contributed by atoms with Crippen LogP contribution in [-0.4, -0.2) is 0 Å². The van der Waals surface area contributed by atoms with E-state index in [2.05, 4.69) is 55.4 Å². The Balaban J connectivity index is 0.000000417. The van der Waals surface area contributed by atoms with Crippen LogP contribution in [0.3, 0.4) is 0 Å². The van der Waals surface area contributed by atoms with Gasteiger partial charge in [0.2, 0.25) is 0 Å². The molecule has 0 aliphatic carbocycles. The Hall–Kier alpha value is -2.51. The molecule has 4 rings (SSSR count). The van der Waals surface area contributed by atoms with Gasteiger partial charge in [0.1, 0.15) is 0 Å². The van der Waals surface area contributed by atoms with E-state index in [0.29, 0.717) is 0 Å². The second-order valence-electron chi connectivity index (χ2n) is 7.54. The Morgan fingerprint density at radius 1 is 0.469 bits per heavy atom. The third-order valence-electron chi connectivity index (χ3n) is 5.40. The second-order valence-corrected chi connectivity index (χ2v) is 7.54. The Labute approximate surface area is 215 Å². The third kappa shape index (κ3) is 10.7. The summed E-state index contributed by atoms with van der Waals surface area (Å²) in [5.41, 5.74) is 10.2. The molecule has 0 nitrogen and oxygen atoms in total. The summed E-state index contributed by atoms with van der Waals surface area (Å²) in [5.74, 6) is 0. The van der Waals surface area contributed by atoms with Gasteiger partial charge in [0.25, 0.3) is 0 Å². The van der Waals surface area contributed by atoms with Gasteiger partial charge in [-0.1, -0.05) is 45.4 Å². The molecule has 0 saturated carbocycles. The Kier molecular flexibility index (Phi) is 14.9. The summed E-state index contributed by atoms with van der Waals surface area (Å²) >= 11 is 0. The zero-order chi connectivity index (χ0) is 23.2. The van der Waals surface area contributed by atoms with Gasteiger partial charge in [-0.05, 0) is 6.92 Å². The van der Waals surface area contributed by atoms with Gasteiger partial charge in [0.05, 0.1) is 0 Å². The van der Waals surface area contributed by atoms with Crippen LogP contribution in [-0.2, 0) is 25.8 Å². The largest absolute Gasteiger partial charge is 4.00 e. The molecule has 0 aliphatic heterocycles. The Morgan fingerprint density at radius 2 is 0.781 bits per heavy atom. The maximum Gasteiger partial charge on any atom is 4.00 e. The number of hydrogen-bond donors (Lipinski definition) is 0. The molecular formula is C31H36Hf. The van der Waals surface area contributed by atoms with Crippen molar-refractivity contribution in [3.8, 4) is 0 Å². The van der Waals surface area contributed by atoms with E-state index in [0.717, 1.165) is 11.1 Å². The fourth-order valence-corrected chi connectivity index (χ4v) is 2.85. The van der Waals surface area contributed by atoms with Crippen molar-refractivity contribution in [1.29, 1.82) is 0 Å². The molecule has 4 aromatic rings. The summed E-state index contributed by atoms with van der Waals surface area (Å²) in [5, 5.41) is 0. The molecule has 1 heteroatoms. The van der Waals surface area contributed by atoms with Gasteiger partial charge in [-0.3, -0.25) is 0 Å². The Morgan fingerprint density at radius 3 is 1.00 bits per heavy atom. The molecular weight excluding hydrogens is 551 g/mol. The smallest absolute Gasteiger partial charge is 0.214 e. The van der Waals surface area contributed by atoms with Crippen LogP contribution >= 0.6 is 0 Å². The monoisotopic (exact) mass is 588 g/mol.